The molecule has 6 heteroatoms. The van der Waals surface area contributed by atoms with Gasteiger partial charge in [0.15, 0.2) is 5.69 Å². The predicted octanol–water partition coefficient (Wildman–Crippen LogP) is 2.58. The molecule has 2 aromatic rings. The number of hydrogen-bond acceptors (Lipinski definition) is 4. The summed E-state index contributed by atoms with van der Waals surface area (Å²) < 4.78 is 5.09. The second-order valence-corrected chi connectivity index (χ2v) is 5.13. The van der Waals surface area contributed by atoms with Crippen molar-refractivity contribution in [2.45, 2.75) is 19.8 Å². The topological polar surface area (TPSA) is 84.2 Å². The normalized spacial score (nSPS) is 13.8. The Bertz CT molecular complexity index is 689. The first-order valence-electron chi connectivity index (χ1n) is 6.76. The van der Waals surface area contributed by atoms with Crippen molar-refractivity contribution >= 4 is 23.5 Å². The number of aryl methyl sites for hydroxylation is 1. The van der Waals surface area contributed by atoms with E-state index < -0.39 is 0 Å². The van der Waals surface area contributed by atoms with Crippen LogP contribution in [0.1, 0.15) is 28.9 Å². The van der Waals surface area contributed by atoms with Gasteiger partial charge < -0.3 is 9.73 Å². The molecular formula is C15H15N3O3. The number of rotatable bonds is 4. The van der Waals surface area contributed by atoms with Crippen LogP contribution in [0.25, 0.3) is 0 Å². The molecule has 1 saturated carbocycles. The first-order chi connectivity index (χ1) is 10.1. The van der Waals surface area contributed by atoms with Crippen molar-refractivity contribution in [3.8, 4) is 0 Å². The van der Waals surface area contributed by atoms with Gasteiger partial charge in [0.25, 0.3) is 5.91 Å². The van der Waals surface area contributed by atoms with Crippen molar-refractivity contribution in [1.29, 1.82) is 0 Å². The standard InChI is InChI=1S/C15H15N3O3/c1-9-3-2-4-11(7-9)16-14(20)12-8-21-15(17-12)18-13(19)10-5-6-10/h2-4,7-8,10H,5-6H2,1H3,(H,16,20)(H,17,18,19). The van der Waals surface area contributed by atoms with E-state index in [1.54, 1.807) is 6.07 Å². The molecule has 1 aromatic carbocycles. The lowest BCUT2D eigenvalue weighted by Gasteiger charge is -2.03. The minimum absolute atomic E-state index is 0.0568. The molecular weight excluding hydrogens is 270 g/mol. The third-order valence-corrected chi connectivity index (χ3v) is 3.19. The number of oxazole rings is 1. The minimum atomic E-state index is -0.378. The summed E-state index contributed by atoms with van der Waals surface area (Å²) >= 11 is 0. The van der Waals surface area contributed by atoms with Crippen LogP contribution in [0.15, 0.2) is 34.9 Å². The molecule has 1 heterocycles. The van der Waals surface area contributed by atoms with Crippen LogP contribution in [-0.2, 0) is 4.79 Å². The zero-order valence-corrected chi connectivity index (χ0v) is 11.6. The molecule has 0 unspecified atom stereocenters. The van der Waals surface area contributed by atoms with Crippen LogP contribution in [0, 0.1) is 12.8 Å². The molecule has 21 heavy (non-hydrogen) atoms. The summed E-state index contributed by atoms with van der Waals surface area (Å²) in [6.07, 6.45) is 3.02. The van der Waals surface area contributed by atoms with E-state index in [-0.39, 0.29) is 29.4 Å². The Balaban J connectivity index is 1.64. The van der Waals surface area contributed by atoms with Crippen molar-refractivity contribution in [2.75, 3.05) is 10.6 Å². The summed E-state index contributed by atoms with van der Waals surface area (Å²) in [5.41, 5.74) is 1.86. The van der Waals surface area contributed by atoms with Crippen LogP contribution >= 0.6 is 0 Å². The largest absolute Gasteiger partial charge is 0.431 e. The molecule has 3 rings (SSSR count). The zero-order valence-electron chi connectivity index (χ0n) is 11.6. The summed E-state index contributed by atoms with van der Waals surface area (Å²) in [6, 6.07) is 7.50. The van der Waals surface area contributed by atoms with Gasteiger partial charge in [0.1, 0.15) is 6.26 Å². The molecule has 1 aliphatic carbocycles. The van der Waals surface area contributed by atoms with Gasteiger partial charge in [-0.15, -0.1) is 0 Å². The summed E-state index contributed by atoms with van der Waals surface area (Å²) in [5, 5.41) is 5.28. The molecule has 0 saturated heterocycles. The third-order valence-electron chi connectivity index (χ3n) is 3.19. The fourth-order valence-corrected chi connectivity index (χ4v) is 1.91. The average molecular weight is 285 g/mol. The SMILES string of the molecule is Cc1cccc(NC(=O)c2coc(NC(=O)C3CC3)n2)c1. The van der Waals surface area contributed by atoms with Gasteiger partial charge in [-0.3, -0.25) is 14.9 Å². The number of carbonyl (C=O) groups is 2. The van der Waals surface area contributed by atoms with E-state index in [2.05, 4.69) is 15.6 Å². The number of nitrogens with one attached hydrogen (secondary N) is 2. The number of amides is 2. The summed E-state index contributed by atoms with van der Waals surface area (Å²) in [7, 11) is 0. The van der Waals surface area contributed by atoms with Crippen LogP contribution in [0.2, 0.25) is 0 Å². The Kier molecular flexibility index (Phi) is 3.43. The monoisotopic (exact) mass is 285 g/mol. The van der Waals surface area contributed by atoms with E-state index in [0.717, 1.165) is 18.4 Å². The summed E-state index contributed by atoms with van der Waals surface area (Å²) in [5.74, 6) is -0.430. The molecule has 108 valence electrons. The maximum absolute atomic E-state index is 12.0. The van der Waals surface area contributed by atoms with Crippen molar-refractivity contribution in [3.63, 3.8) is 0 Å². The van der Waals surface area contributed by atoms with Gasteiger partial charge in [-0.25, -0.2) is 0 Å². The van der Waals surface area contributed by atoms with Crippen LogP contribution in [0.3, 0.4) is 0 Å². The Labute approximate surface area is 121 Å². The second-order valence-electron chi connectivity index (χ2n) is 5.13. The number of anilines is 2. The minimum Gasteiger partial charge on any atom is -0.431 e. The lowest BCUT2D eigenvalue weighted by atomic mass is 10.2. The number of nitrogens with zero attached hydrogens (tertiary/aromatic N) is 1. The Morgan fingerprint density at radius 2 is 2.10 bits per heavy atom. The van der Waals surface area contributed by atoms with Gasteiger partial charge in [-0.1, -0.05) is 12.1 Å². The highest BCUT2D eigenvalue weighted by Gasteiger charge is 2.30. The van der Waals surface area contributed by atoms with E-state index in [1.807, 2.05) is 25.1 Å². The zero-order chi connectivity index (χ0) is 14.8. The van der Waals surface area contributed by atoms with Crippen LogP contribution in [0.5, 0.6) is 0 Å². The fraction of sp³-hybridized carbons (Fsp3) is 0.267. The maximum Gasteiger partial charge on any atom is 0.302 e. The van der Waals surface area contributed by atoms with E-state index in [4.69, 9.17) is 4.42 Å². The lowest BCUT2D eigenvalue weighted by molar-refractivity contribution is -0.117. The van der Waals surface area contributed by atoms with Crippen molar-refractivity contribution in [1.82, 2.24) is 4.98 Å². The van der Waals surface area contributed by atoms with Gasteiger partial charge in [0.05, 0.1) is 0 Å². The van der Waals surface area contributed by atoms with E-state index in [1.165, 1.54) is 6.26 Å². The molecule has 1 aromatic heterocycles. The molecule has 0 spiro atoms. The molecule has 1 aliphatic rings. The Hall–Kier alpha value is -2.63. The number of carbonyl (C=O) groups excluding carboxylic acids is 2. The molecule has 1 fully saturated rings. The highest BCUT2D eigenvalue weighted by Crippen LogP contribution is 2.30. The van der Waals surface area contributed by atoms with Gasteiger partial charge >= 0.3 is 6.01 Å². The van der Waals surface area contributed by atoms with Crippen LogP contribution < -0.4 is 10.6 Å². The quantitative estimate of drug-likeness (QED) is 0.904. The molecule has 2 N–H and O–H groups in total. The van der Waals surface area contributed by atoms with Crippen molar-refractivity contribution in [2.24, 2.45) is 5.92 Å². The third kappa shape index (κ3) is 3.28. The average Bonchev–Trinajstić information content (AvgIpc) is 3.19. The Morgan fingerprint density at radius 3 is 2.81 bits per heavy atom. The van der Waals surface area contributed by atoms with Gasteiger partial charge in [-0.05, 0) is 37.5 Å². The Morgan fingerprint density at radius 1 is 1.29 bits per heavy atom. The number of aromatic nitrogens is 1. The number of benzene rings is 1. The molecule has 0 bridgehead atoms. The summed E-state index contributed by atoms with van der Waals surface area (Å²) in [4.78, 5) is 27.6. The van der Waals surface area contributed by atoms with Gasteiger partial charge in [0.2, 0.25) is 5.91 Å². The second kappa shape index (κ2) is 5.40. The maximum atomic E-state index is 12.0. The first kappa shape index (κ1) is 13.4. The lowest BCUT2D eigenvalue weighted by Crippen LogP contribution is -2.15. The van der Waals surface area contributed by atoms with Crippen molar-refractivity contribution < 1.29 is 14.0 Å². The molecule has 2 amide bonds. The fourth-order valence-electron chi connectivity index (χ4n) is 1.91. The van der Waals surface area contributed by atoms with Crippen molar-refractivity contribution in [3.05, 3.63) is 41.8 Å². The van der Waals surface area contributed by atoms with E-state index in [9.17, 15) is 9.59 Å². The highest BCUT2D eigenvalue weighted by atomic mass is 16.4. The molecule has 0 atom stereocenters. The molecule has 0 radical (unpaired) electrons. The van der Waals surface area contributed by atoms with Gasteiger partial charge in [0, 0.05) is 11.6 Å². The van der Waals surface area contributed by atoms with Crippen LogP contribution in [0.4, 0.5) is 11.7 Å². The van der Waals surface area contributed by atoms with E-state index >= 15 is 0 Å². The van der Waals surface area contributed by atoms with Crippen LogP contribution in [-0.4, -0.2) is 16.8 Å². The first-order valence-corrected chi connectivity index (χ1v) is 6.76. The van der Waals surface area contributed by atoms with E-state index in [0.29, 0.717) is 5.69 Å². The molecule has 6 nitrogen and oxygen atoms in total. The summed E-state index contributed by atoms with van der Waals surface area (Å²) in [6.45, 7) is 1.94. The predicted molar refractivity (Wildman–Crippen MR) is 77.0 cm³/mol. The smallest absolute Gasteiger partial charge is 0.302 e. The number of hydrogen-bond donors (Lipinski definition) is 2. The molecule has 0 aliphatic heterocycles. The highest BCUT2D eigenvalue weighted by molar-refractivity contribution is 6.03. The van der Waals surface area contributed by atoms with Gasteiger partial charge in [-0.2, -0.15) is 4.98 Å².